The number of ketones is 1. The van der Waals surface area contributed by atoms with Gasteiger partial charge in [-0.3, -0.25) is 9.59 Å². The van der Waals surface area contributed by atoms with Crippen molar-refractivity contribution in [3.8, 4) is 5.75 Å². The van der Waals surface area contributed by atoms with Crippen molar-refractivity contribution in [2.75, 3.05) is 20.2 Å². The van der Waals surface area contributed by atoms with E-state index in [-0.39, 0.29) is 22.8 Å². The van der Waals surface area contributed by atoms with Gasteiger partial charge in [-0.05, 0) is 31.2 Å². The molecule has 0 bridgehead atoms. The normalized spacial score (nSPS) is 11.6. The van der Waals surface area contributed by atoms with Crippen LogP contribution in [0.1, 0.15) is 36.7 Å². The van der Waals surface area contributed by atoms with E-state index < -0.39 is 10.0 Å². The van der Waals surface area contributed by atoms with Crippen LogP contribution in [0, 0.1) is 0 Å². The third kappa shape index (κ3) is 4.45. The fraction of sp³-hybridized carbons (Fsp3) is 0.368. The first-order valence-electron chi connectivity index (χ1n) is 8.63. The second-order valence-corrected chi connectivity index (χ2v) is 7.94. The van der Waals surface area contributed by atoms with Gasteiger partial charge in [0, 0.05) is 36.5 Å². The van der Waals surface area contributed by atoms with Crippen molar-refractivity contribution >= 4 is 15.8 Å². The molecule has 0 unspecified atom stereocenters. The Morgan fingerprint density at radius 1 is 1.15 bits per heavy atom. The van der Waals surface area contributed by atoms with E-state index in [9.17, 15) is 18.0 Å². The zero-order chi connectivity index (χ0) is 20.2. The molecule has 0 aliphatic heterocycles. The molecule has 2 rings (SSSR count). The molecule has 1 heterocycles. The minimum Gasteiger partial charge on any atom is -0.496 e. The number of methoxy groups -OCH3 is 1. The number of hydrogen-bond donors (Lipinski definition) is 0. The predicted octanol–water partition coefficient (Wildman–Crippen LogP) is 2.14. The van der Waals surface area contributed by atoms with Gasteiger partial charge in [0.25, 0.3) is 5.56 Å². The van der Waals surface area contributed by atoms with Crippen LogP contribution >= 0.6 is 0 Å². The smallest absolute Gasteiger partial charge is 0.250 e. The molecule has 1 aromatic carbocycles. The first-order valence-corrected chi connectivity index (χ1v) is 10.1. The average molecular weight is 392 g/mol. The molecule has 146 valence electrons. The van der Waals surface area contributed by atoms with E-state index in [2.05, 4.69) is 0 Å². The maximum absolute atomic E-state index is 12.7. The number of pyridine rings is 1. The number of rotatable bonds is 8. The SMILES string of the molecule is CCN(CC)S(=O)(=O)c1ccc(=O)n(Cc2cc(C(C)=O)ccc2OC)c1. The van der Waals surface area contributed by atoms with Crippen LogP contribution in [0.15, 0.2) is 46.2 Å². The highest BCUT2D eigenvalue weighted by atomic mass is 32.2. The van der Waals surface area contributed by atoms with E-state index in [1.54, 1.807) is 32.0 Å². The van der Waals surface area contributed by atoms with Crippen LogP contribution in [-0.2, 0) is 16.6 Å². The Bertz CT molecular complexity index is 991. The highest BCUT2D eigenvalue weighted by Gasteiger charge is 2.22. The largest absolute Gasteiger partial charge is 0.496 e. The van der Waals surface area contributed by atoms with Crippen molar-refractivity contribution in [1.82, 2.24) is 8.87 Å². The molecular weight excluding hydrogens is 368 g/mol. The molecule has 0 aliphatic rings. The van der Waals surface area contributed by atoms with E-state index in [4.69, 9.17) is 4.74 Å². The van der Waals surface area contributed by atoms with Crippen LogP contribution in [0.25, 0.3) is 0 Å². The summed E-state index contributed by atoms with van der Waals surface area (Å²) in [4.78, 5) is 24.0. The maximum atomic E-state index is 12.7. The number of aromatic nitrogens is 1. The van der Waals surface area contributed by atoms with Gasteiger partial charge >= 0.3 is 0 Å². The number of carbonyl (C=O) groups excluding carboxylic acids is 1. The molecule has 0 spiro atoms. The van der Waals surface area contributed by atoms with Gasteiger partial charge in [-0.25, -0.2) is 8.42 Å². The van der Waals surface area contributed by atoms with Crippen molar-refractivity contribution in [3.63, 3.8) is 0 Å². The number of ether oxygens (including phenoxy) is 1. The Labute approximate surface area is 159 Å². The number of nitrogens with zero attached hydrogens (tertiary/aromatic N) is 2. The Kier molecular flexibility index (Phi) is 6.56. The molecular formula is C19H24N2O5S. The van der Waals surface area contributed by atoms with E-state index in [1.165, 1.54) is 41.2 Å². The monoisotopic (exact) mass is 392 g/mol. The highest BCUT2D eigenvalue weighted by molar-refractivity contribution is 7.89. The van der Waals surface area contributed by atoms with E-state index in [0.29, 0.717) is 30.0 Å². The Morgan fingerprint density at radius 3 is 2.37 bits per heavy atom. The van der Waals surface area contributed by atoms with Gasteiger partial charge in [0.15, 0.2) is 5.78 Å². The summed E-state index contributed by atoms with van der Waals surface area (Å²) in [5.41, 5.74) is 0.763. The van der Waals surface area contributed by atoms with E-state index in [0.717, 1.165) is 0 Å². The van der Waals surface area contributed by atoms with Crippen molar-refractivity contribution in [2.45, 2.75) is 32.2 Å². The second kappa shape index (κ2) is 8.49. The summed E-state index contributed by atoms with van der Waals surface area (Å²) in [5.74, 6) is 0.410. The molecule has 1 aromatic heterocycles. The van der Waals surface area contributed by atoms with Gasteiger partial charge in [0.2, 0.25) is 10.0 Å². The summed E-state index contributed by atoms with van der Waals surface area (Å²) >= 11 is 0. The predicted molar refractivity (Wildman–Crippen MR) is 103 cm³/mol. The lowest BCUT2D eigenvalue weighted by Crippen LogP contribution is -2.32. The minimum absolute atomic E-state index is 0.0486. The molecule has 0 amide bonds. The highest BCUT2D eigenvalue weighted by Crippen LogP contribution is 2.22. The Morgan fingerprint density at radius 2 is 1.81 bits per heavy atom. The molecule has 0 fully saturated rings. The summed E-state index contributed by atoms with van der Waals surface area (Å²) < 4.78 is 33.4. The van der Waals surface area contributed by atoms with Crippen molar-refractivity contribution in [3.05, 3.63) is 58.0 Å². The van der Waals surface area contributed by atoms with E-state index >= 15 is 0 Å². The molecule has 0 radical (unpaired) electrons. The summed E-state index contributed by atoms with van der Waals surface area (Å²) in [6.45, 7) is 5.74. The Balaban J connectivity index is 2.51. The van der Waals surface area contributed by atoms with Gasteiger partial charge in [0.1, 0.15) is 5.75 Å². The first kappa shape index (κ1) is 20.9. The Hall–Kier alpha value is -2.45. The van der Waals surface area contributed by atoms with Crippen LogP contribution < -0.4 is 10.3 Å². The zero-order valence-electron chi connectivity index (χ0n) is 15.9. The third-order valence-corrected chi connectivity index (χ3v) is 6.36. The van der Waals surface area contributed by atoms with E-state index in [1.807, 2.05) is 0 Å². The number of sulfonamides is 1. The lowest BCUT2D eigenvalue weighted by Gasteiger charge is -2.19. The molecule has 0 aliphatic carbocycles. The molecule has 27 heavy (non-hydrogen) atoms. The molecule has 0 atom stereocenters. The van der Waals surface area contributed by atoms with Gasteiger partial charge < -0.3 is 9.30 Å². The van der Waals surface area contributed by atoms with Crippen molar-refractivity contribution < 1.29 is 17.9 Å². The number of benzene rings is 1. The van der Waals surface area contributed by atoms with Gasteiger partial charge in [0.05, 0.1) is 18.6 Å². The first-order chi connectivity index (χ1) is 12.7. The molecule has 2 aromatic rings. The van der Waals surface area contributed by atoms with Crippen LogP contribution in [0.4, 0.5) is 0 Å². The summed E-state index contributed by atoms with van der Waals surface area (Å²) in [7, 11) is -2.19. The zero-order valence-corrected chi connectivity index (χ0v) is 16.7. The average Bonchev–Trinajstić information content (AvgIpc) is 2.64. The fourth-order valence-corrected chi connectivity index (χ4v) is 4.28. The summed E-state index contributed by atoms with van der Waals surface area (Å²) in [5, 5.41) is 0. The fourth-order valence-electron chi connectivity index (χ4n) is 2.80. The van der Waals surface area contributed by atoms with Crippen LogP contribution in [0.2, 0.25) is 0 Å². The molecule has 8 heteroatoms. The second-order valence-electron chi connectivity index (χ2n) is 6.00. The van der Waals surface area contributed by atoms with Crippen molar-refractivity contribution in [1.29, 1.82) is 0 Å². The topological polar surface area (TPSA) is 85.7 Å². The number of Topliss-reactive ketones (excluding diaryl/α,β-unsaturated/α-hetero) is 1. The van der Waals surface area contributed by atoms with Gasteiger partial charge in [-0.15, -0.1) is 0 Å². The minimum atomic E-state index is -3.68. The number of hydrogen-bond acceptors (Lipinski definition) is 5. The molecule has 0 saturated heterocycles. The summed E-state index contributed by atoms with van der Waals surface area (Å²) in [6.07, 6.45) is 1.33. The maximum Gasteiger partial charge on any atom is 0.250 e. The van der Waals surface area contributed by atoms with Crippen LogP contribution in [0.3, 0.4) is 0 Å². The van der Waals surface area contributed by atoms with Crippen LogP contribution in [-0.4, -0.2) is 43.3 Å². The van der Waals surface area contributed by atoms with Gasteiger partial charge in [-0.1, -0.05) is 13.8 Å². The lowest BCUT2D eigenvalue weighted by atomic mass is 10.1. The number of carbonyl (C=O) groups is 1. The molecule has 7 nitrogen and oxygen atoms in total. The molecule has 0 N–H and O–H groups in total. The third-order valence-electron chi connectivity index (χ3n) is 4.33. The molecule has 0 saturated carbocycles. The van der Waals surface area contributed by atoms with Crippen molar-refractivity contribution in [2.24, 2.45) is 0 Å². The van der Waals surface area contributed by atoms with Gasteiger partial charge in [-0.2, -0.15) is 4.31 Å². The summed E-state index contributed by atoms with van der Waals surface area (Å²) in [6, 6.07) is 7.51. The standard InChI is InChI=1S/C19H24N2O5S/c1-5-21(6-2)27(24,25)17-8-10-19(23)20(13-17)12-16-11-15(14(3)22)7-9-18(16)26-4/h7-11,13H,5-6,12H2,1-4H3. The quantitative estimate of drug-likeness (QED) is 0.643. The van der Waals surface area contributed by atoms with Crippen LogP contribution in [0.5, 0.6) is 5.75 Å². The lowest BCUT2D eigenvalue weighted by molar-refractivity contribution is 0.101.